The Labute approximate surface area is 137 Å². The Hall–Kier alpha value is -1.94. The molecule has 2 aromatic rings. The zero-order valence-electron chi connectivity index (χ0n) is 13.6. The van der Waals surface area contributed by atoms with E-state index in [4.69, 9.17) is 9.72 Å². The number of morpholine rings is 1. The van der Waals surface area contributed by atoms with Crippen LogP contribution in [0.15, 0.2) is 36.4 Å². The molecule has 0 bridgehead atoms. The molecule has 0 amide bonds. The van der Waals surface area contributed by atoms with Crippen molar-refractivity contribution in [3.8, 4) is 0 Å². The maximum Gasteiger partial charge on any atom is 0.134 e. The first-order chi connectivity index (χ1) is 11.3. The quantitative estimate of drug-likeness (QED) is 0.870. The summed E-state index contributed by atoms with van der Waals surface area (Å²) in [7, 11) is 0. The molecule has 0 spiro atoms. The van der Waals surface area contributed by atoms with E-state index in [1.165, 1.54) is 18.4 Å². The third kappa shape index (κ3) is 3.37. The van der Waals surface area contributed by atoms with Gasteiger partial charge in [0.2, 0.25) is 0 Å². The Bertz CT molecular complexity index is 670. The molecule has 1 saturated carbocycles. The Morgan fingerprint density at radius 3 is 2.78 bits per heavy atom. The van der Waals surface area contributed by atoms with Gasteiger partial charge in [0.05, 0.1) is 19.3 Å². The van der Waals surface area contributed by atoms with E-state index >= 15 is 0 Å². The van der Waals surface area contributed by atoms with Crippen LogP contribution in [0.1, 0.15) is 35.8 Å². The molecule has 120 valence electrons. The standard InChI is InChI=1S/C19H23N3O/c1-14-11-18(21-19(20-14)16-7-8-16)22-9-10-23-13-17(22)12-15-5-3-2-4-6-15/h2-6,11,16-17H,7-10,12-13H2,1H3/t17-/m0/s1. The molecule has 23 heavy (non-hydrogen) atoms. The van der Waals surface area contributed by atoms with Gasteiger partial charge in [-0.15, -0.1) is 0 Å². The monoisotopic (exact) mass is 309 g/mol. The predicted molar refractivity (Wildman–Crippen MR) is 90.8 cm³/mol. The van der Waals surface area contributed by atoms with E-state index in [0.717, 1.165) is 43.5 Å². The minimum absolute atomic E-state index is 0.340. The minimum Gasteiger partial charge on any atom is -0.377 e. The van der Waals surface area contributed by atoms with Crippen LogP contribution < -0.4 is 4.90 Å². The number of hydrogen-bond acceptors (Lipinski definition) is 4. The number of rotatable bonds is 4. The number of aromatic nitrogens is 2. The second kappa shape index (κ2) is 6.28. The molecular weight excluding hydrogens is 286 g/mol. The maximum atomic E-state index is 5.74. The average molecular weight is 309 g/mol. The molecule has 4 heteroatoms. The van der Waals surface area contributed by atoms with Crippen LogP contribution in [0.4, 0.5) is 5.82 Å². The summed E-state index contributed by atoms with van der Waals surface area (Å²) >= 11 is 0. The Morgan fingerprint density at radius 2 is 2.00 bits per heavy atom. The molecule has 0 unspecified atom stereocenters. The highest BCUT2D eigenvalue weighted by atomic mass is 16.5. The molecular formula is C19H23N3O. The van der Waals surface area contributed by atoms with Crippen LogP contribution in [0.2, 0.25) is 0 Å². The van der Waals surface area contributed by atoms with Crippen molar-refractivity contribution in [2.24, 2.45) is 0 Å². The van der Waals surface area contributed by atoms with Crippen molar-refractivity contribution in [2.45, 2.75) is 38.1 Å². The van der Waals surface area contributed by atoms with Crippen molar-refractivity contribution in [3.63, 3.8) is 0 Å². The van der Waals surface area contributed by atoms with E-state index in [0.29, 0.717) is 12.0 Å². The van der Waals surface area contributed by atoms with Crippen molar-refractivity contribution in [2.75, 3.05) is 24.7 Å². The first-order valence-corrected chi connectivity index (χ1v) is 8.53. The molecule has 1 aliphatic heterocycles. The molecule has 0 N–H and O–H groups in total. The SMILES string of the molecule is Cc1cc(N2CCOC[C@@H]2Cc2ccccc2)nc(C2CC2)n1. The lowest BCUT2D eigenvalue weighted by Gasteiger charge is -2.37. The van der Waals surface area contributed by atoms with Crippen LogP contribution in [0.5, 0.6) is 0 Å². The van der Waals surface area contributed by atoms with Gasteiger partial charge in [-0.2, -0.15) is 0 Å². The molecule has 1 saturated heterocycles. The van der Waals surface area contributed by atoms with Crippen molar-refractivity contribution < 1.29 is 4.74 Å². The molecule has 4 nitrogen and oxygen atoms in total. The highest BCUT2D eigenvalue weighted by molar-refractivity contribution is 5.43. The molecule has 1 atom stereocenters. The van der Waals surface area contributed by atoms with Gasteiger partial charge in [0.25, 0.3) is 0 Å². The van der Waals surface area contributed by atoms with E-state index < -0.39 is 0 Å². The molecule has 1 aromatic carbocycles. The van der Waals surface area contributed by atoms with E-state index in [-0.39, 0.29) is 0 Å². The van der Waals surface area contributed by atoms with E-state index in [1.54, 1.807) is 0 Å². The van der Waals surface area contributed by atoms with Crippen molar-refractivity contribution in [3.05, 3.63) is 53.5 Å². The number of aryl methyl sites for hydroxylation is 1. The summed E-state index contributed by atoms with van der Waals surface area (Å²) in [5.74, 6) is 2.69. The van der Waals surface area contributed by atoms with Gasteiger partial charge < -0.3 is 9.64 Å². The molecule has 4 rings (SSSR count). The number of hydrogen-bond donors (Lipinski definition) is 0. The van der Waals surface area contributed by atoms with Gasteiger partial charge in [0.15, 0.2) is 0 Å². The average Bonchev–Trinajstić information content (AvgIpc) is 3.41. The van der Waals surface area contributed by atoms with Crippen LogP contribution in [-0.2, 0) is 11.2 Å². The molecule has 2 fully saturated rings. The largest absolute Gasteiger partial charge is 0.377 e. The first kappa shape index (κ1) is 14.6. The van der Waals surface area contributed by atoms with Crippen molar-refractivity contribution in [1.82, 2.24) is 9.97 Å². The van der Waals surface area contributed by atoms with Gasteiger partial charge in [-0.3, -0.25) is 0 Å². The fourth-order valence-electron chi connectivity index (χ4n) is 3.26. The fraction of sp³-hybridized carbons (Fsp3) is 0.474. The molecule has 2 aliphatic rings. The van der Waals surface area contributed by atoms with Crippen molar-refractivity contribution >= 4 is 5.82 Å². The summed E-state index contributed by atoms with van der Waals surface area (Å²) in [6, 6.07) is 13.1. The van der Waals surface area contributed by atoms with Crippen molar-refractivity contribution in [1.29, 1.82) is 0 Å². The van der Waals surface area contributed by atoms with Crippen LogP contribution in [0.25, 0.3) is 0 Å². The van der Waals surface area contributed by atoms with Gasteiger partial charge in [-0.1, -0.05) is 30.3 Å². The van der Waals surface area contributed by atoms with E-state index in [2.05, 4.69) is 53.2 Å². The summed E-state index contributed by atoms with van der Waals surface area (Å²) < 4.78 is 5.74. The summed E-state index contributed by atoms with van der Waals surface area (Å²) in [4.78, 5) is 11.9. The molecule has 0 radical (unpaired) electrons. The zero-order valence-corrected chi connectivity index (χ0v) is 13.6. The lowest BCUT2D eigenvalue weighted by Crippen LogP contribution is -2.47. The minimum atomic E-state index is 0.340. The smallest absolute Gasteiger partial charge is 0.134 e. The second-order valence-corrected chi connectivity index (χ2v) is 6.61. The van der Waals surface area contributed by atoms with Crippen LogP contribution in [0, 0.1) is 6.92 Å². The number of anilines is 1. The third-order valence-electron chi connectivity index (χ3n) is 4.64. The van der Waals surface area contributed by atoms with Gasteiger partial charge in [0.1, 0.15) is 11.6 Å². The van der Waals surface area contributed by atoms with Gasteiger partial charge in [0, 0.05) is 24.2 Å². The highest BCUT2D eigenvalue weighted by Crippen LogP contribution is 2.38. The lowest BCUT2D eigenvalue weighted by molar-refractivity contribution is 0.0936. The fourth-order valence-corrected chi connectivity index (χ4v) is 3.26. The third-order valence-corrected chi connectivity index (χ3v) is 4.64. The zero-order chi connectivity index (χ0) is 15.6. The first-order valence-electron chi connectivity index (χ1n) is 8.53. The Balaban J connectivity index is 1.59. The maximum absolute atomic E-state index is 5.74. The number of ether oxygens (including phenoxy) is 1. The van der Waals surface area contributed by atoms with Gasteiger partial charge in [-0.25, -0.2) is 9.97 Å². The second-order valence-electron chi connectivity index (χ2n) is 6.61. The topological polar surface area (TPSA) is 38.2 Å². The lowest BCUT2D eigenvalue weighted by atomic mass is 10.0. The molecule has 2 heterocycles. The summed E-state index contributed by atoms with van der Waals surface area (Å²) in [6.07, 6.45) is 3.46. The van der Waals surface area contributed by atoms with E-state index in [9.17, 15) is 0 Å². The van der Waals surface area contributed by atoms with E-state index in [1.807, 2.05) is 0 Å². The van der Waals surface area contributed by atoms with Gasteiger partial charge >= 0.3 is 0 Å². The van der Waals surface area contributed by atoms with Crippen LogP contribution >= 0.6 is 0 Å². The Morgan fingerprint density at radius 1 is 1.17 bits per heavy atom. The molecule has 1 aliphatic carbocycles. The van der Waals surface area contributed by atoms with Crippen LogP contribution in [-0.4, -0.2) is 35.8 Å². The predicted octanol–water partition coefficient (Wildman–Crippen LogP) is 3.11. The van der Waals surface area contributed by atoms with Crippen LogP contribution in [0.3, 0.4) is 0 Å². The number of nitrogens with zero attached hydrogens (tertiary/aromatic N) is 3. The summed E-state index contributed by atoms with van der Waals surface area (Å²) in [6.45, 7) is 4.51. The van der Waals surface area contributed by atoms with Gasteiger partial charge in [-0.05, 0) is 31.7 Å². The molecule has 1 aromatic heterocycles. The summed E-state index contributed by atoms with van der Waals surface area (Å²) in [5.41, 5.74) is 2.42. The Kier molecular flexibility index (Phi) is 4.00. The normalized spacial score (nSPS) is 21.4. The highest BCUT2D eigenvalue weighted by Gasteiger charge is 2.29. The number of benzene rings is 1. The summed E-state index contributed by atoms with van der Waals surface area (Å²) in [5, 5.41) is 0.